The molecule has 1 rings (SSSR count). The molecule has 0 aliphatic carbocycles. The average molecular weight is 311 g/mol. The molecule has 0 aliphatic heterocycles. The molecular formula is C16H22FNO4. The van der Waals surface area contributed by atoms with E-state index in [-0.39, 0.29) is 18.4 Å². The van der Waals surface area contributed by atoms with E-state index in [9.17, 15) is 19.1 Å². The molecule has 5 nitrogen and oxygen atoms in total. The van der Waals surface area contributed by atoms with E-state index >= 15 is 0 Å². The third kappa shape index (κ3) is 5.11. The number of hydrogen-bond acceptors (Lipinski definition) is 3. The first-order chi connectivity index (χ1) is 10.3. The highest BCUT2D eigenvalue weighted by molar-refractivity contribution is 5.87. The van der Waals surface area contributed by atoms with E-state index in [4.69, 9.17) is 4.74 Å². The van der Waals surface area contributed by atoms with E-state index in [1.807, 2.05) is 13.8 Å². The van der Waals surface area contributed by atoms with Crippen molar-refractivity contribution >= 4 is 11.9 Å². The average Bonchev–Trinajstić information content (AvgIpc) is 2.43. The maximum Gasteiger partial charge on any atom is 0.333 e. The van der Waals surface area contributed by atoms with E-state index in [1.54, 1.807) is 0 Å². The van der Waals surface area contributed by atoms with Crippen LogP contribution < -0.4 is 5.32 Å². The summed E-state index contributed by atoms with van der Waals surface area (Å²) in [6.07, 6.45) is 0.756. The fourth-order valence-corrected chi connectivity index (χ4v) is 1.93. The van der Waals surface area contributed by atoms with Crippen molar-refractivity contribution in [2.24, 2.45) is 0 Å². The third-order valence-corrected chi connectivity index (χ3v) is 3.24. The van der Waals surface area contributed by atoms with Crippen molar-refractivity contribution in [3.63, 3.8) is 0 Å². The number of rotatable bonds is 8. The molecule has 1 aromatic carbocycles. The maximum atomic E-state index is 13.0. The monoisotopic (exact) mass is 311 g/mol. The summed E-state index contributed by atoms with van der Waals surface area (Å²) in [7, 11) is 0. The van der Waals surface area contributed by atoms with Crippen LogP contribution in [0.3, 0.4) is 0 Å². The molecular weight excluding hydrogens is 289 g/mol. The van der Waals surface area contributed by atoms with Crippen LogP contribution in [0.2, 0.25) is 0 Å². The highest BCUT2D eigenvalue weighted by atomic mass is 19.1. The normalized spacial score (nSPS) is 13.7. The molecule has 122 valence electrons. The lowest BCUT2D eigenvalue weighted by molar-refractivity contribution is -0.147. The van der Waals surface area contributed by atoms with E-state index < -0.39 is 17.3 Å². The number of benzene rings is 1. The van der Waals surface area contributed by atoms with Crippen molar-refractivity contribution in [1.82, 2.24) is 5.32 Å². The number of amides is 1. The Balaban J connectivity index is 2.69. The van der Waals surface area contributed by atoms with Crippen LogP contribution in [-0.2, 0) is 19.9 Å². The zero-order valence-corrected chi connectivity index (χ0v) is 13.1. The quantitative estimate of drug-likeness (QED) is 0.723. The minimum Gasteiger partial charge on any atom is -0.479 e. The first-order valence-corrected chi connectivity index (χ1v) is 7.17. The highest BCUT2D eigenvalue weighted by Gasteiger charge is 2.36. The van der Waals surface area contributed by atoms with Gasteiger partial charge < -0.3 is 15.2 Å². The molecule has 0 aliphatic rings. The van der Waals surface area contributed by atoms with Gasteiger partial charge in [0.25, 0.3) is 0 Å². The van der Waals surface area contributed by atoms with Crippen molar-refractivity contribution in [3.05, 3.63) is 35.6 Å². The van der Waals surface area contributed by atoms with Crippen LogP contribution in [-0.4, -0.2) is 29.7 Å². The summed E-state index contributed by atoms with van der Waals surface area (Å²) in [6, 6.07) is 5.04. The van der Waals surface area contributed by atoms with Crippen LogP contribution in [0.4, 0.5) is 4.39 Å². The largest absolute Gasteiger partial charge is 0.479 e. The second-order valence-electron chi connectivity index (χ2n) is 5.51. The number of aliphatic carboxylic acids is 1. The summed E-state index contributed by atoms with van der Waals surface area (Å²) in [4.78, 5) is 23.5. The van der Waals surface area contributed by atoms with E-state index in [2.05, 4.69) is 5.32 Å². The molecule has 1 atom stereocenters. The lowest BCUT2D eigenvalue weighted by Gasteiger charge is -2.27. The molecule has 0 aromatic heterocycles. The standard InChI is InChI=1S/C16H22FNO4/c1-11(2)22-10-4-5-14(19)18-16(3,15(20)21)12-6-8-13(17)9-7-12/h6-9,11H,4-5,10H2,1-3H3,(H,18,19)(H,20,21). The molecule has 0 saturated carbocycles. The van der Waals surface area contributed by atoms with Gasteiger partial charge in [-0.3, -0.25) is 4.79 Å². The zero-order valence-electron chi connectivity index (χ0n) is 13.1. The molecule has 22 heavy (non-hydrogen) atoms. The Bertz CT molecular complexity index is 515. The molecule has 2 N–H and O–H groups in total. The molecule has 0 spiro atoms. The topological polar surface area (TPSA) is 75.6 Å². The van der Waals surface area contributed by atoms with Gasteiger partial charge in [0.05, 0.1) is 6.10 Å². The van der Waals surface area contributed by atoms with Gasteiger partial charge in [0, 0.05) is 13.0 Å². The number of hydrogen-bond donors (Lipinski definition) is 2. The molecule has 1 amide bonds. The van der Waals surface area contributed by atoms with Gasteiger partial charge in [-0.25, -0.2) is 9.18 Å². The number of ether oxygens (including phenoxy) is 1. The van der Waals surface area contributed by atoms with Gasteiger partial charge in [0.2, 0.25) is 5.91 Å². The number of nitrogens with one attached hydrogen (secondary N) is 1. The number of carboxylic acid groups (broad SMARTS) is 1. The van der Waals surface area contributed by atoms with Crippen LogP contribution in [0.1, 0.15) is 39.2 Å². The second kappa shape index (κ2) is 7.89. The van der Waals surface area contributed by atoms with Crippen LogP contribution in [0.25, 0.3) is 0 Å². The van der Waals surface area contributed by atoms with Gasteiger partial charge in [0.15, 0.2) is 5.54 Å². The minimum absolute atomic E-state index is 0.0894. The van der Waals surface area contributed by atoms with Crippen molar-refractivity contribution in [1.29, 1.82) is 0 Å². The molecule has 6 heteroatoms. The fourth-order valence-electron chi connectivity index (χ4n) is 1.93. The molecule has 0 heterocycles. The minimum atomic E-state index is -1.59. The Labute approximate surface area is 129 Å². The van der Waals surface area contributed by atoms with Crippen LogP contribution >= 0.6 is 0 Å². The second-order valence-corrected chi connectivity index (χ2v) is 5.51. The Hall–Kier alpha value is -1.95. The maximum absolute atomic E-state index is 13.0. The first kappa shape index (κ1) is 18.1. The summed E-state index contributed by atoms with van der Waals surface area (Å²) in [5, 5.41) is 11.9. The molecule has 1 aromatic rings. The fraction of sp³-hybridized carbons (Fsp3) is 0.500. The van der Waals surface area contributed by atoms with Crippen LogP contribution in [0.5, 0.6) is 0 Å². The van der Waals surface area contributed by atoms with Gasteiger partial charge in [-0.15, -0.1) is 0 Å². The summed E-state index contributed by atoms with van der Waals surface area (Å²) < 4.78 is 18.3. The summed E-state index contributed by atoms with van der Waals surface area (Å²) in [5.74, 6) is -2.05. The molecule has 0 saturated heterocycles. The SMILES string of the molecule is CC(C)OCCCC(=O)NC(C)(C(=O)O)c1ccc(F)cc1. The van der Waals surface area contributed by atoms with Crippen molar-refractivity contribution in [2.75, 3.05) is 6.61 Å². The van der Waals surface area contributed by atoms with E-state index in [1.165, 1.54) is 31.2 Å². The molecule has 0 radical (unpaired) electrons. The van der Waals surface area contributed by atoms with Gasteiger partial charge in [-0.2, -0.15) is 0 Å². The third-order valence-electron chi connectivity index (χ3n) is 3.24. The van der Waals surface area contributed by atoms with Gasteiger partial charge in [-0.1, -0.05) is 12.1 Å². The van der Waals surface area contributed by atoms with E-state index in [0.717, 1.165) is 0 Å². The Morgan fingerprint density at radius 3 is 2.41 bits per heavy atom. The molecule has 0 bridgehead atoms. The number of halogens is 1. The Morgan fingerprint density at radius 1 is 1.32 bits per heavy atom. The predicted molar refractivity (Wildman–Crippen MR) is 79.9 cm³/mol. The summed E-state index contributed by atoms with van der Waals surface area (Å²) in [5.41, 5.74) is -1.28. The summed E-state index contributed by atoms with van der Waals surface area (Å²) in [6.45, 7) is 5.61. The highest BCUT2D eigenvalue weighted by Crippen LogP contribution is 2.22. The zero-order chi connectivity index (χ0) is 16.8. The number of carboxylic acids is 1. The molecule has 1 unspecified atom stereocenters. The van der Waals surface area contributed by atoms with Crippen molar-refractivity contribution in [2.45, 2.75) is 45.3 Å². The lowest BCUT2D eigenvalue weighted by Crippen LogP contribution is -2.49. The van der Waals surface area contributed by atoms with E-state index in [0.29, 0.717) is 18.6 Å². The van der Waals surface area contributed by atoms with Crippen molar-refractivity contribution in [3.8, 4) is 0 Å². The Morgan fingerprint density at radius 2 is 1.91 bits per heavy atom. The summed E-state index contributed by atoms with van der Waals surface area (Å²) >= 11 is 0. The molecule has 0 fully saturated rings. The smallest absolute Gasteiger partial charge is 0.333 e. The van der Waals surface area contributed by atoms with Gasteiger partial charge in [0.1, 0.15) is 5.82 Å². The van der Waals surface area contributed by atoms with Crippen LogP contribution in [0.15, 0.2) is 24.3 Å². The first-order valence-electron chi connectivity index (χ1n) is 7.17. The predicted octanol–water partition coefficient (Wildman–Crippen LogP) is 2.45. The lowest BCUT2D eigenvalue weighted by atomic mass is 9.91. The van der Waals surface area contributed by atoms with Crippen molar-refractivity contribution < 1.29 is 23.8 Å². The van der Waals surface area contributed by atoms with Gasteiger partial charge >= 0.3 is 5.97 Å². The van der Waals surface area contributed by atoms with Gasteiger partial charge in [-0.05, 0) is 44.9 Å². The number of carbonyl (C=O) groups is 2. The number of carbonyl (C=O) groups excluding carboxylic acids is 1. The Kier molecular flexibility index (Phi) is 6.49. The van der Waals surface area contributed by atoms with Crippen LogP contribution in [0, 0.1) is 5.82 Å².